The first-order chi connectivity index (χ1) is 6.22. The highest BCUT2D eigenvalue weighted by Crippen LogP contribution is 2.08. The number of hydrogen-bond acceptors (Lipinski definition) is 2. The van der Waals surface area contributed by atoms with E-state index < -0.39 is 0 Å². The minimum atomic E-state index is -0.334. The van der Waals surface area contributed by atoms with Gasteiger partial charge < -0.3 is 4.74 Å². The summed E-state index contributed by atoms with van der Waals surface area (Å²) in [5.74, 6) is -0.334. The molecule has 0 fully saturated rings. The number of hydrogen-bond donors (Lipinski definition) is 0. The van der Waals surface area contributed by atoms with Crippen molar-refractivity contribution in [1.29, 1.82) is 0 Å². The quantitative estimate of drug-likeness (QED) is 0.475. The van der Waals surface area contributed by atoms with Crippen LogP contribution < -0.4 is 0 Å². The number of carbonyl (C=O) groups excluding carboxylic acids is 1. The van der Waals surface area contributed by atoms with Crippen molar-refractivity contribution in [3.63, 3.8) is 0 Å². The van der Waals surface area contributed by atoms with E-state index in [1.54, 1.807) is 6.08 Å². The van der Waals surface area contributed by atoms with Crippen LogP contribution in [0.25, 0.3) is 6.08 Å². The van der Waals surface area contributed by atoms with Crippen molar-refractivity contribution in [2.24, 2.45) is 0 Å². The zero-order valence-electron chi connectivity index (χ0n) is 7.16. The highest BCUT2D eigenvalue weighted by atomic mass is 127. The lowest BCUT2D eigenvalue weighted by molar-refractivity contribution is -0.134. The molecular formula is C10H9IO2. The molecule has 0 aliphatic heterocycles. The molecule has 3 heteroatoms. The first-order valence-corrected chi connectivity index (χ1v) is 4.82. The Labute approximate surface area is 90.7 Å². The molecule has 0 aromatic heterocycles. The third-order valence-electron chi connectivity index (χ3n) is 1.46. The van der Waals surface area contributed by atoms with Crippen molar-refractivity contribution in [1.82, 2.24) is 0 Å². The Bertz CT molecular complexity index is 331. The number of esters is 1. The van der Waals surface area contributed by atoms with Crippen molar-refractivity contribution in [3.05, 3.63) is 39.5 Å². The molecule has 0 heterocycles. The van der Waals surface area contributed by atoms with Crippen molar-refractivity contribution < 1.29 is 9.53 Å². The Morgan fingerprint density at radius 3 is 2.92 bits per heavy atom. The molecule has 1 aromatic rings. The molecule has 0 atom stereocenters. The van der Waals surface area contributed by atoms with E-state index in [1.165, 1.54) is 13.2 Å². The van der Waals surface area contributed by atoms with Crippen molar-refractivity contribution in [2.45, 2.75) is 0 Å². The van der Waals surface area contributed by atoms with Gasteiger partial charge in [-0.3, -0.25) is 0 Å². The number of carbonyl (C=O) groups is 1. The number of methoxy groups -OCH3 is 1. The van der Waals surface area contributed by atoms with Gasteiger partial charge in [-0.1, -0.05) is 12.1 Å². The second-order valence-electron chi connectivity index (χ2n) is 2.41. The van der Waals surface area contributed by atoms with Crippen LogP contribution in [0.4, 0.5) is 0 Å². The third-order valence-corrected chi connectivity index (χ3v) is 2.13. The molecule has 0 saturated heterocycles. The molecule has 1 aromatic carbocycles. The smallest absolute Gasteiger partial charge is 0.330 e. The van der Waals surface area contributed by atoms with Gasteiger partial charge in [0.15, 0.2) is 0 Å². The number of rotatable bonds is 2. The summed E-state index contributed by atoms with van der Waals surface area (Å²) < 4.78 is 5.62. The molecule has 0 aliphatic rings. The van der Waals surface area contributed by atoms with Crippen LogP contribution in [0.1, 0.15) is 5.56 Å². The van der Waals surface area contributed by atoms with Crippen LogP contribution >= 0.6 is 22.6 Å². The third kappa shape index (κ3) is 3.59. The van der Waals surface area contributed by atoms with Crippen LogP contribution in [0.5, 0.6) is 0 Å². The zero-order chi connectivity index (χ0) is 9.68. The lowest BCUT2D eigenvalue weighted by atomic mass is 10.2. The average molecular weight is 288 g/mol. The first kappa shape index (κ1) is 10.2. The molecule has 0 bridgehead atoms. The van der Waals surface area contributed by atoms with Gasteiger partial charge in [0.2, 0.25) is 0 Å². The van der Waals surface area contributed by atoms with Gasteiger partial charge in [-0.25, -0.2) is 4.79 Å². The SMILES string of the molecule is COC(=O)C=Cc1cccc(I)c1. The van der Waals surface area contributed by atoms with Gasteiger partial charge in [0.1, 0.15) is 0 Å². The van der Waals surface area contributed by atoms with Crippen molar-refractivity contribution in [3.8, 4) is 0 Å². The standard InChI is InChI=1S/C10H9IO2/c1-13-10(12)6-5-8-3-2-4-9(11)7-8/h2-7H,1H3. The summed E-state index contributed by atoms with van der Waals surface area (Å²) >= 11 is 2.22. The zero-order valence-corrected chi connectivity index (χ0v) is 9.32. The van der Waals surface area contributed by atoms with E-state index in [9.17, 15) is 4.79 Å². The molecule has 0 amide bonds. The van der Waals surface area contributed by atoms with Gasteiger partial charge in [0.05, 0.1) is 7.11 Å². The van der Waals surface area contributed by atoms with Gasteiger partial charge in [0.25, 0.3) is 0 Å². The highest BCUT2D eigenvalue weighted by molar-refractivity contribution is 14.1. The van der Waals surface area contributed by atoms with Crippen molar-refractivity contribution in [2.75, 3.05) is 7.11 Å². The molecule has 0 saturated carbocycles. The summed E-state index contributed by atoms with van der Waals surface area (Å²) in [6.45, 7) is 0. The highest BCUT2D eigenvalue weighted by Gasteiger charge is 1.92. The number of benzene rings is 1. The van der Waals surface area contributed by atoms with Crippen molar-refractivity contribution >= 4 is 34.6 Å². The predicted octanol–water partition coefficient (Wildman–Crippen LogP) is 2.48. The van der Waals surface area contributed by atoms with Gasteiger partial charge in [-0.15, -0.1) is 0 Å². The second-order valence-corrected chi connectivity index (χ2v) is 3.66. The fourth-order valence-corrected chi connectivity index (χ4v) is 1.41. The summed E-state index contributed by atoms with van der Waals surface area (Å²) in [4.78, 5) is 10.8. The fourth-order valence-electron chi connectivity index (χ4n) is 0.843. The van der Waals surface area contributed by atoms with E-state index >= 15 is 0 Å². The monoisotopic (exact) mass is 288 g/mol. The summed E-state index contributed by atoms with van der Waals surface area (Å²) in [6, 6.07) is 7.86. The van der Waals surface area contributed by atoms with Gasteiger partial charge in [0, 0.05) is 9.65 Å². The van der Waals surface area contributed by atoms with Crippen LogP contribution in [0.2, 0.25) is 0 Å². The van der Waals surface area contributed by atoms with E-state index in [1.807, 2.05) is 24.3 Å². The van der Waals surface area contributed by atoms with Crippen LogP contribution in [0.15, 0.2) is 30.3 Å². The fraction of sp³-hybridized carbons (Fsp3) is 0.100. The van der Waals surface area contributed by atoms with E-state index in [2.05, 4.69) is 27.3 Å². The van der Waals surface area contributed by atoms with E-state index in [-0.39, 0.29) is 5.97 Å². The topological polar surface area (TPSA) is 26.3 Å². The maximum atomic E-state index is 10.8. The van der Waals surface area contributed by atoms with Gasteiger partial charge in [-0.05, 0) is 46.4 Å². The van der Waals surface area contributed by atoms with E-state index in [0.29, 0.717) is 0 Å². The molecule has 0 spiro atoms. The Morgan fingerprint density at radius 1 is 1.54 bits per heavy atom. The lowest BCUT2D eigenvalue weighted by Gasteiger charge is -1.93. The first-order valence-electron chi connectivity index (χ1n) is 3.74. The minimum Gasteiger partial charge on any atom is -0.466 e. The minimum absolute atomic E-state index is 0.334. The second kappa shape index (κ2) is 5.01. The Hall–Kier alpha value is -0.840. The Morgan fingerprint density at radius 2 is 2.31 bits per heavy atom. The maximum Gasteiger partial charge on any atom is 0.330 e. The normalized spacial score (nSPS) is 10.3. The summed E-state index contributed by atoms with van der Waals surface area (Å²) in [6.07, 6.45) is 3.14. The summed E-state index contributed by atoms with van der Waals surface area (Å²) in [7, 11) is 1.36. The summed E-state index contributed by atoms with van der Waals surface area (Å²) in [5.41, 5.74) is 0.998. The molecular weight excluding hydrogens is 279 g/mol. The number of ether oxygens (including phenoxy) is 1. The largest absolute Gasteiger partial charge is 0.466 e. The Kier molecular flexibility index (Phi) is 3.95. The van der Waals surface area contributed by atoms with E-state index in [4.69, 9.17) is 0 Å². The molecule has 0 radical (unpaired) electrons. The van der Waals surface area contributed by atoms with Crippen LogP contribution in [-0.4, -0.2) is 13.1 Å². The molecule has 2 nitrogen and oxygen atoms in total. The predicted molar refractivity (Wildman–Crippen MR) is 60.2 cm³/mol. The molecule has 13 heavy (non-hydrogen) atoms. The van der Waals surface area contributed by atoms with Gasteiger partial charge in [-0.2, -0.15) is 0 Å². The molecule has 1 rings (SSSR count). The van der Waals surface area contributed by atoms with Crippen LogP contribution in [0, 0.1) is 3.57 Å². The van der Waals surface area contributed by atoms with Crippen LogP contribution in [0.3, 0.4) is 0 Å². The van der Waals surface area contributed by atoms with E-state index in [0.717, 1.165) is 9.13 Å². The molecule has 0 aliphatic carbocycles. The maximum absolute atomic E-state index is 10.8. The van der Waals surface area contributed by atoms with Gasteiger partial charge >= 0.3 is 5.97 Å². The number of halogens is 1. The average Bonchev–Trinajstić information content (AvgIpc) is 2.14. The molecule has 0 unspecified atom stereocenters. The molecule has 0 N–H and O–H groups in total. The molecule has 68 valence electrons. The van der Waals surface area contributed by atoms with Crippen LogP contribution in [-0.2, 0) is 9.53 Å². The Balaban J connectivity index is 2.74. The lowest BCUT2D eigenvalue weighted by Crippen LogP contribution is -1.93. The summed E-state index contributed by atoms with van der Waals surface area (Å²) in [5, 5.41) is 0.